The van der Waals surface area contributed by atoms with E-state index >= 15 is 0 Å². The van der Waals surface area contributed by atoms with Crippen LogP contribution in [0.1, 0.15) is 10.4 Å². The van der Waals surface area contributed by atoms with Gasteiger partial charge in [-0.25, -0.2) is 4.98 Å². The molecule has 0 bridgehead atoms. The highest BCUT2D eigenvalue weighted by atomic mass is 79.9. The molecule has 0 saturated heterocycles. The zero-order valence-electron chi connectivity index (χ0n) is 10.1. The summed E-state index contributed by atoms with van der Waals surface area (Å²) in [6, 6.07) is 11.8. The number of nitrogens with zero attached hydrogens (tertiary/aromatic N) is 2. The summed E-state index contributed by atoms with van der Waals surface area (Å²) in [6.07, 6.45) is 5.12. The fourth-order valence-corrected chi connectivity index (χ4v) is 2.48. The molecule has 0 N–H and O–H groups in total. The molecular formula is C15H11BrN2O. The van der Waals surface area contributed by atoms with Crippen LogP contribution < -0.4 is 0 Å². The minimum atomic E-state index is 0.0849. The van der Waals surface area contributed by atoms with E-state index in [4.69, 9.17) is 0 Å². The summed E-state index contributed by atoms with van der Waals surface area (Å²) in [5, 5.41) is 2.04. The van der Waals surface area contributed by atoms with E-state index in [1.165, 1.54) is 0 Å². The first-order valence-corrected chi connectivity index (χ1v) is 6.70. The fourth-order valence-electron chi connectivity index (χ4n) is 2.12. The van der Waals surface area contributed by atoms with Gasteiger partial charge in [0.15, 0.2) is 5.78 Å². The molecule has 0 radical (unpaired) electrons. The van der Waals surface area contributed by atoms with E-state index in [0.29, 0.717) is 6.54 Å². The van der Waals surface area contributed by atoms with Crippen molar-refractivity contribution >= 4 is 32.5 Å². The number of imidazole rings is 1. The Bertz CT molecular complexity index is 735. The molecule has 0 atom stereocenters. The van der Waals surface area contributed by atoms with E-state index in [9.17, 15) is 4.79 Å². The Labute approximate surface area is 119 Å². The average Bonchev–Trinajstić information content (AvgIpc) is 2.90. The van der Waals surface area contributed by atoms with Gasteiger partial charge in [0.05, 0.1) is 12.9 Å². The Balaban J connectivity index is 2.04. The fraction of sp³-hybridized carbons (Fsp3) is 0.0667. The molecule has 3 nitrogen and oxygen atoms in total. The number of fused-ring (bicyclic) bond motifs is 1. The average molecular weight is 315 g/mol. The summed E-state index contributed by atoms with van der Waals surface area (Å²) in [6.45, 7) is 0.311. The SMILES string of the molecule is O=C(Cn1ccnc1)c1cccc2ccc(Br)cc12. The summed E-state index contributed by atoms with van der Waals surface area (Å²) >= 11 is 3.45. The van der Waals surface area contributed by atoms with Gasteiger partial charge in [0.25, 0.3) is 0 Å². The third-order valence-corrected chi connectivity index (χ3v) is 3.52. The number of Topliss-reactive ketones (excluding diaryl/α,β-unsaturated/α-hetero) is 1. The normalized spacial score (nSPS) is 10.8. The van der Waals surface area contributed by atoms with Gasteiger partial charge in [0, 0.05) is 22.4 Å². The minimum Gasteiger partial charge on any atom is -0.330 e. The van der Waals surface area contributed by atoms with Gasteiger partial charge < -0.3 is 4.57 Å². The predicted octanol–water partition coefficient (Wildman–Crippen LogP) is 3.68. The van der Waals surface area contributed by atoms with Gasteiger partial charge in [0.1, 0.15) is 0 Å². The molecule has 0 unspecified atom stereocenters. The number of halogens is 1. The maximum Gasteiger partial charge on any atom is 0.183 e. The summed E-state index contributed by atoms with van der Waals surface area (Å²) < 4.78 is 2.75. The van der Waals surface area contributed by atoms with Crippen LogP contribution in [0, 0.1) is 0 Å². The third kappa shape index (κ3) is 2.44. The minimum absolute atomic E-state index is 0.0849. The van der Waals surface area contributed by atoms with Crippen LogP contribution in [0.4, 0.5) is 0 Å². The van der Waals surface area contributed by atoms with Gasteiger partial charge in [-0.15, -0.1) is 0 Å². The number of carbonyl (C=O) groups excluding carboxylic acids is 1. The van der Waals surface area contributed by atoms with Crippen LogP contribution in [0.25, 0.3) is 10.8 Å². The Morgan fingerprint density at radius 1 is 1.26 bits per heavy atom. The molecule has 0 aliphatic rings. The predicted molar refractivity (Wildman–Crippen MR) is 78.2 cm³/mol. The van der Waals surface area contributed by atoms with Crippen LogP contribution >= 0.6 is 15.9 Å². The molecule has 0 saturated carbocycles. The second-order valence-corrected chi connectivity index (χ2v) is 5.24. The van der Waals surface area contributed by atoms with Crippen molar-refractivity contribution in [1.29, 1.82) is 0 Å². The number of hydrogen-bond acceptors (Lipinski definition) is 2. The van der Waals surface area contributed by atoms with Gasteiger partial charge in [-0.1, -0.05) is 40.2 Å². The van der Waals surface area contributed by atoms with Crippen molar-refractivity contribution in [2.75, 3.05) is 0 Å². The van der Waals surface area contributed by atoms with Gasteiger partial charge in [-0.05, 0) is 22.9 Å². The van der Waals surface area contributed by atoms with Crippen molar-refractivity contribution < 1.29 is 4.79 Å². The van der Waals surface area contributed by atoms with Crippen molar-refractivity contribution in [3.8, 4) is 0 Å². The van der Waals surface area contributed by atoms with E-state index in [2.05, 4.69) is 20.9 Å². The number of rotatable bonds is 3. The lowest BCUT2D eigenvalue weighted by Crippen LogP contribution is -2.09. The van der Waals surface area contributed by atoms with E-state index in [1.807, 2.05) is 36.4 Å². The van der Waals surface area contributed by atoms with Gasteiger partial charge in [-0.3, -0.25) is 4.79 Å². The molecule has 0 spiro atoms. The van der Waals surface area contributed by atoms with Gasteiger partial charge in [-0.2, -0.15) is 0 Å². The molecule has 1 heterocycles. The van der Waals surface area contributed by atoms with Crippen molar-refractivity contribution in [2.45, 2.75) is 6.54 Å². The van der Waals surface area contributed by atoms with Crippen molar-refractivity contribution in [3.63, 3.8) is 0 Å². The molecule has 4 heteroatoms. The highest BCUT2D eigenvalue weighted by molar-refractivity contribution is 9.10. The smallest absolute Gasteiger partial charge is 0.183 e. The van der Waals surface area contributed by atoms with Crippen LogP contribution in [0.3, 0.4) is 0 Å². The molecule has 94 valence electrons. The molecule has 0 aliphatic carbocycles. The zero-order chi connectivity index (χ0) is 13.2. The van der Waals surface area contributed by atoms with Crippen molar-refractivity contribution in [2.24, 2.45) is 0 Å². The zero-order valence-corrected chi connectivity index (χ0v) is 11.7. The molecule has 0 fully saturated rings. The Hall–Kier alpha value is -1.94. The molecule has 0 amide bonds. The lowest BCUT2D eigenvalue weighted by molar-refractivity contribution is 0.0973. The highest BCUT2D eigenvalue weighted by Crippen LogP contribution is 2.23. The molecule has 3 rings (SSSR count). The summed E-state index contributed by atoms with van der Waals surface area (Å²) in [4.78, 5) is 16.3. The lowest BCUT2D eigenvalue weighted by Gasteiger charge is -2.07. The Morgan fingerprint density at radius 3 is 2.95 bits per heavy atom. The van der Waals surface area contributed by atoms with Crippen LogP contribution in [0.15, 0.2) is 59.6 Å². The molecule has 1 aromatic heterocycles. The van der Waals surface area contributed by atoms with Crippen molar-refractivity contribution in [1.82, 2.24) is 9.55 Å². The highest BCUT2D eigenvalue weighted by Gasteiger charge is 2.10. The molecule has 2 aromatic carbocycles. The third-order valence-electron chi connectivity index (χ3n) is 3.03. The second kappa shape index (κ2) is 4.97. The number of aromatic nitrogens is 2. The molecular weight excluding hydrogens is 304 g/mol. The van der Waals surface area contributed by atoms with Gasteiger partial charge in [0.2, 0.25) is 0 Å². The van der Waals surface area contributed by atoms with Crippen LogP contribution in [-0.2, 0) is 6.54 Å². The second-order valence-electron chi connectivity index (χ2n) is 4.33. The lowest BCUT2D eigenvalue weighted by atomic mass is 10.0. The quantitative estimate of drug-likeness (QED) is 0.691. The van der Waals surface area contributed by atoms with Gasteiger partial charge >= 0.3 is 0 Å². The number of ketones is 1. The summed E-state index contributed by atoms with van der Waals surface area (Å²) in [7, 11) is 0. The first-order valence-electron chi connectivity index (χ1n) is 5.91. The van der Waals surface area contributed by atoms with Crippen LogP contribution in [0.5, 0.6) is 0 Å². The monoisotopic (exact) mass is 314 g/mol. The largest absolute Gasteiger partial charge is 0.330 e. The molecule has 0 aliphatic heterocycles. The van der Waals surface area contributed by atoms with E-state index in [0.717, 1.165) is 20.8 Å². The maximum absolute atomic E-state index is 12.4. The molecule has 3 aromatic rings. The topological polar surface area (TPSA) is 34.9 Å². The first-order chi connectivity index (χ1) is 9.24. The Kier molecular flexibility index (Phi) is 3.17. The number of carbonyl (C=O) groups is 1. The van der Waals surface area contributed by atoms with E-state index in [-0.39, 0.29) is 5.78 Å². The van der Waals surface area contributed by atoms with E-state index in [1.54, 1.807) is 23.3 Å². The van der Waals surface area contributed by atoms with Crippen LogP contribution in [-0.4, -0.2) is 15.3 Å². The standard InChI is InChI=1S/C15H11BrN2O/c16-12-5-4-11-2-1-3-13(14(11)8-12)15(19)9-18-7-6-17-10-18/h1-8,10H,9H2. The summed E-state index contributed by atoms with van der Waals surface area (Å²) in [5.74, 6) is 0.0849. The first kappa shape index (κ1) is 12.1. The van der Waals surface area contributed by atoms with Crippen LogP contribution in [0.2, 0.25) is 0 Å². The maximum atomic E-state index is 12.4. The number of benzene rings is 2. The van der Waals surface area contributed by atoms with E-state index < -0.39 is 0 Å². The molecule has 19 heavy (non-hydrogen) atoms. The van der Waals surface area contributed by atoms with Crippen molar-refractivity contribution in [3.05, 3.63) is 65.2 Å². The number of hydrogen-bond donors (Lipinski definition) is 0. The Morgan fingerprint density at radius 2 is 2.16 bits per heavy atom. The summed E-state index contributed by atoms with van der Waals surface area (Å²) in [5.41, 5.74) is 0.743.